The highest BCUT2D eigenvalue weighted by Crippen LogP contribution is 2.54. The summed E-state index contributed by atoms with van der Waals surface area (Å²) in [5.41, 5.74) is -0.379. The fourth-order valence-corrected chi connectivity index (χ4v) is 7.33. The number of nitrogens with zero attached hydrogens (tertiary/aromatic N) is 2. The molecule has 4 aliphatic rings. The van der Waals surface area contributed by atoms with Crippen LogP contribution in [0.2, 0.25) is 5.02 Å². The van der Waals surface area contributed by atoms with Crippen molar-refractivity contribution in [3.05, 3.63) is 89.5 Å². The third kappa shape index (κ3) is 5.34. The number of benzene rings is 2. The predicted molar refractivity (Wildman–Crippen MR) is 166 cm³/mol. The van der Waals surface area contributed by atoms with Crippen LogP contribution >= 0.6 is 11.6 Å². The van der Waals surface area contributed by atoms with Crippen molar-refractivity contribution >= 4 is 41.0 Å². The number of esters is 1. The molecule has 6 rings (SSSR count). The van der Waals surface area contributed by atoms with Crippen LogP contribution in [0, 0.1) is 11.8 Å². The van der Waals surface area contributed by atoms with Crippen LogP contribution in [0.15, 0.2) is 78.9 Å². The monoisotopic (exact) mass is 633 g/mol. The summed E-state index contributed by atoms with van der Waals surface area (Å²) >= 11 is 6.51. The van der Waals surface area contributed by atoms with Gasteiger partial charge in [0, 0.05) is 13.0 Å². The highest BCUT2D eigenvalue weighted by atomic mass is 35.5. The number of rotatable bonds is 4. The van der Waals surface area contributed by atoms with Crippen molar-refractivity contribution in [3.8, 4) is 0 Å². The molecule has 10 nitrogen and oxygen atoms in total. The summed E-state index contributed by atoms with van der Waals surface area (Å²) in [6, 6.07) is 13.5. The van der Waals surface area contributed by atoms with Crippen molar-refractivity contribution in [2.75, 3.05) is 18.1 Å². The third-order valence-electron chi connectivity index (χ3n) is 9.16. The highest BCUT2D eigenvalue weighted by molar-refractivity contribution is 6.34. The number of hydrogen-bond donors (Lipinski definition) is 2. The molecule has 0 bridgehead atoms. The Kier molecular flexibility index (Phi) is 8.56. The largest absolute Gasteiger partial charge is 0.455 e. The second-order valence-corrected chi connectivity index (χ2v) is 12.4. The number of cyclic esters (lactones) is 1. The van der Waals surface area contributed by atoms with E-state index in [1.54, 1.807) is 62.4 Å². The van der Waals surface area contributed by atoms with Gasteiger partial charge < -0.3 is 29.7 Å². The van der Waals surface area contributed by atoms with Crippen molar-refractivity contribution in [2.24, 2.45) is 11.8 Å². The van der Waals surface area contributed by atoms with Gasteiger partial charge in [0.25, 0.3) is 5.91 Å². The second kappa shape index (κ2) is 12.4. The van der Waals surface area contributed by atoms with Gasteiger partial charge in [-0.1, -0.05) is 78.4 Å². The van der Waals surface area contributed by atoms with E-state index in [0.717, 1.165) is 0 Å². The van der Waals surface area contributed by atoms with Crippen LogP contribution in [0.25, 0.3) is 0 Å². The van der Waals surface area contributed by atoms with Gasteiger partial charge in [-0.2, -0.15) is 0 Å². The van der Waals surface area contributed by atoms with Gasteiger partial charge in [-0.05, 0) is 38.0 Å². The van der Waals surface area contributed by atoms with E-state index in [-0.39, 0.29) is 18.9 Å². The van der Waals surface area contributed by atoms with E-state index >= 15 is 0 Å². The van der Waals surface area contributed by atoms with Crippen LogP contribution in [0.3, 0.4) is 0 Å². The number of fused-ring (bicyclic) bond motifs is 2. The molecule has 1 spiro atoms. The Hall–Kier alpha value is -3.99. The maximum atomic E-state index is 14.5. The molecule has 0 saturated carbocycles. The standard InChI is InChI=1S/C34H36ClN3O7/c1-20(19-39)38-30-32(42)37(24-14-7-6-13-23(24)35)18-10-17-34(30)28(31(38)41)27-25(45-34)15-8-9-16-26(40)36-21(2)29(44-33(27)43)22-11-4-3-5-12-22/h3-8,10-15,17,20-21,25,27-30,39H,9,16,18-19H2,1-2H3,(H,36,40)/b15-8-/t20-,21-,25-,27+,28+,29+,30-,34+/m1/s1. The number of nitrogens with one attached hydrogen (secondary N) is 1. The smallest absolute Gasteiger partial charge is 0.313 e. The van der Waals surface area contributed by atoms with Crippen LogP contribution in [0.1, 0.15) is 38.4 Å². The van der Waals surface area contributed by atoms with Gasteiger partial charge in [0.2, 0.25) is 11.8 Å². The topological polar surface area (TPSA) is 125 Å². The first-order valence-electron chi connectivity index (χ1n) is 15.2. The fourth-order valence-electron chi connectivity index (χ4n) is 7.09. The molecule has 236 valence electrons. The Morgan fingerprint density at radius 3 is 2.51 bits per heavy atom. The number of anilines is 1. The Morgan fingerprint density at radius 1 is 1.04 bits per heavy atom. The zero-order valence-corrected chi connectivity index (χ0v) is 25.8. The molecule has 45 heavy (non-hydrogen) atoms. The Labute approximate surface area is 266 Å². The molecule has 0 unspecified atom stereocenters. The van der Waals surface area contributed by atoms with E-state index in [9.17, 15) is 24.3 Å². The van der Waals surface area contributed by atoms with Gasteiger partial charge in [-0.25, -0.2) is 0 Å². The summed E-state index contributed by atoms with van der Waals surface area (Å²) < 4.78 is 12.9. The van der Waals surface area contributed by atoms with E-state index in [2.05, 4.69) is 5.32 Å². The summed E-state index contributed by atoms with van der Waals surface area (Å²) in [5, 5.41) is 13.5. The van der Waals surface area contributed by atoms with Crippen molar-refractivity contribution < 1.29 is 33.8 Å². The molecule has 2 N–H and O–H groups in total. The van der Waals surface area contributed by atoms with Gasteiger partial charge in [-0.15, -0.1) is 0 Å². The van der Waals surface area contributed by atoms with E-state index < -0.39 is 72.2 Å². The minimum Gasteiger partial charge on any atom is -0.455 e. The molecule has 8 atom stereocenters. The van der Waals surface area contributed by atoms with Crippen LogP contribution in [0.5, 0.6) is 0 Å². The number of likely N-dealkylation sites (tertiary alicyclic amines) is 1. The number of para-hydroxylation sites is 1. The SMILES string of the molecule is C[C@H](CO)N1C(=O)[C@@H]2[C@H]3C(=O)O[C@H](c4ccccc4)[C@@H](C)NC(=O)CC/C=C\[C@H]3O[C@@]23C=CCN(c2ccccc2Cl)C(=O)[C@@H]13. The fraction of sp³-hybridized carbons (Fsp3) is 0.412. The molecule has 2 aromatic carbocycles. The van der Waals surface area contributed by atoms with Crippen LogP contribution in [-0.2, 0) is 28.7 Å². The molecule has 0 radical (unpaired) electrons. The molecular weight excluding hydrogens is 598 g/mol. The highest BCUT2D eigenvalue weighted by Gasteiger charge is 2.72. The van der Waals surface area contributed by atoms with Gasteiger partial charge in [-0.3, -0.25) is 19.2 Å². The second-order valence-electron chi connectivity index (χ2n) is 12.0. The average Bonchev–Trinajstić information content (AvgIpc) is 3.43. The lowest BCUT2D eigenvalue weighted by atomic mass is 9.77. The first kappa shape index (κ1) is 31.0. The van der Waals surface area contributed by atoms with E-state index in [0.29, 0.717) is 22.7 Å². The molecule has 0 aliphatic carbocycles. The van der Waals surface area contributed by atoms with Gasteiger partial charge in [0.1, 0.15) is 23.7 Å². The maximum absolute atomic E-state index is 14.5. The maximum Gasteiger partial charge on any atom is 0.313 e. The minimum atomic E-state index is -1.53. The number of aliphatic hydroxyl groups excluding tert-OH is 1. The van der Waals surface area contributed by atoms with Crippen molar-refractivity contribution in [1.29, 1.82) is 0 Å². The minimum absolute atomic E-state index is 0.156. The lowest BCUT2D eigenvalue weighted by Crippen LogP contribution is -2.57. The van der Waals surface area contributed by atoms with Gasteiger partial charge in [0.15, 0.2) is 0 Å². The zero-order chi connectivity index (χ0) is 31.9. The van der Waals surface area contributed by atoms with E-state index in [1.165, 1.54) is 9.80 Å². The number of hydrogen-bond acceptors (Lipinski definition) is 7. The van der Waals surface area contributed by atoms with Crippen LogP contribution < -0.4 is 10.2 Å². The molecule has 4 aliphatic heterocycles. The number of allylic oxidation sites excluding steroid dienone is 1. The normalized spacial score (nSPS) is 33.2. The van der Waals surface area contributed by atoms with E-state index in [4.69, 9.17) is 21.1 Å². The number of ether oxygens (including phenoxy) is 2. The lowest BCUT2D eigenvalue weighted by molar-refractivity contribution is -0.161. The average molecular weight is 634 g/mol. The number of carbonyl (C=O) groups excluding carboxylic acids is 4. The summed E-state index contributed by atoms with van der Waals surface area (Å²) in [7, 11) is 0. The summed E-state index contributed by atoms with van der Waals surface area (Å²) in [6.45, 7) is 3.18. The number of aliphatic hydroxyl groups is 1. The van der Waals surface area contributed by atoms with E-state index in [1.807, 2.05) is 30.3 Å². The quantitative estimate of drug-likeness (QED) is 0.391. The molecule has 3 amide bonds. The first-order valence-corrected chi connectivity index (χ1v) is 15.6. The molecule has 0 aromatic heterocycles. The Bertz CT molecular complexity index is 1550. The van der Waals surface area contributed by atoms with Crippen molar-refractivity contribution in [1.82, 2.24) is 10.2 Å². The Morgan fingerprint density at radius 2 is 1.78 bits per heavy atom. The third-order valence-corrected chi connectivity index (χ3v) is 9.48. The van der Waals surface area contributed by atoms with Crippen LogP contribution in [0.4, 0.5) is 5.69 Å². The van der Waals surface area contributed by atoms with Crippen molar-refractivity contribution in [2.45, 2.75) is 62.6 Å². The van der Waals surface area contributed by atoms with Crippen LogP contribution in [-0.4, -0.2) is 76.7 Å². The molecule has 2 saturated heterocycles. The first-order chi connectivity index (χ1) is 21.7. The predicted octanol–water partition coefficient (Wildman–Crippen LogP) is 3.34. The zero-order valence-electron chi connectivity index (χ0n) is 25.0. The molecule has 4 heterocycles. The molecule has 11 heteroatoms. The van der Waals surface area contributed by atoms with Crippen molar-refractivity contribution in [3.63, 3.8) is 0 Å². The molecule has 2 aromatic rings. The summed E-state index contributed by atoms with van der Waals surface area (Å²) in [6.07, 6.45) is 5.75. The Balaban J connectivity index is 1.46. The van der Waals surface area contributed by atoms with Gasteiger partial charge >= 0.3 is 5.97 Å². The molecule has 2 fully saturated rings. The summed E-state index contributed by atoms with van der Waals surface area (Å²) in [4.78, 5) is 58.9. The number of halogens is 1. The van der Waals surface area contributed by atoms with Gasteiger partial charge in [0.05, 0.1) is 41.4 Å². The summed E-state index contributed by atoms with van der Waals surface area (Å²) in [5.74, 6) is -4.02. The molecular formula is C34H36ClN3O7. The lowest BCUT2D eigenvalue weighted by Gasteiger charge is -2.37. The number of amides is 3. The number of carbonyl (C=O) groups is 4.